The molecule has 1 amide bonds. The first-order chi connectivity index (χ1) is 15.0. The third kappa shape index (κ3) is 5.09. The largest absolute Gasteiger partial charge is 0.369 e. The van der Waals surface area contributed by atoms with Crippen LogP contribution in [0.3, 0.4) is 0 Å². The number of carbonyl (C=O) groups excluding carboxylic acids is 1. The molecule has 31 heavy (non-hydrogen) atoms. The van der Waals surface area contributed by atoms with Crippen molar-refractivity contribution >= 4 is 34.5 Å². The third-order valence-electron chi connectivity index (χ3n) is 5.68. The average Bonchev–Trinajstić information content (AvgIpc) is 3.29. The average molecular weight is 458 g/mol. The smallest absolute Gasteiger partial charge is 0.253 e. The molecule has 1 N–H and O–H groups in total. The highest BCUT2D eigenvalue weighted by Crippen LogP contribution is 2.30. The van der Waals surface area contributed by atoms with Gasteiger partial charge < -0.3 is 10.2 Å². The second-order valence-corrected chi connectivity index (χ2v) is 9.09. The van der Waals surface area contributed by atoms with Crippen LogP contribution in [0.1, 0.15) is 28.2 Å². The van der Waals surface area contributed by atoms with E-state index in [1.165, 1.54) is 17.0 Å². The summed E-state index contributed by atoms with van der Waals surface area (Å²) in [6.07, 6.45) is 0. The van der Waals surface area contributed by atoms with Crippen LogP contribution in [0.25, 0.3) is 0 Å². The molecule has 1 fully saturated rings. The van der Waals surface area contributed by atoms with Crippen molar-refractivity contribution in [2.75, 3.05) is 31.1 Å². The van der Waals surface area contributed by atoms with Gasteiger partial charge in [-0.15, -0.1) is 11.3 Å². The second-order valence-electron chi connectivity index (χ2n) is 7.70. The highest BCUT2D eigenvalue weighted by molar-refractivity contribution is 7.10. The van der Waals surface area contributed by atoms with E-state index in [0.29, 0.717) is 10.6 Å². The summed E-state index contributed by atoms with van der Waals surface area (Å²) in [5.41, 5.74) is 1.52. The number of thiophene rings is 1. The van der Waals surface area contributed by atoms with Crippen molar-refractivity contribution in [3.63, 3.8) is 0 Å². The Balaban J connectivity index is 1.47. The van der Waals surface area contributed by atoms with Crippen LogP contribution < -0.4 is 10.2 Å². The van der Waals surface area contributed by atoms with E-state index in [4.69, 9.17) is 11.6 Å². The van der Waals surface area contributed by atoms with Crippen LogP contribution in [0.2, 0.25) is 5.02 Å². The number of carbonyl (C=O) groups is 1. The molecule has 162 valence electrons. The van der Waals surface area contributed by atoms with E-state index in [-0.39, 0.29) is 23.8 Å². The lowest BCUT2D eigenvalue weighted by atomic mass is 10.0. The number of benzene rings is 2. The van der Waals surface area contributed by atoms with E-state index < -0.39 is 0 Å². The maximum absolute atomic E-state index is 13.3. The highest BCUT2D eigenvalue weighted by Gasteiger charge is 2.31. The first-order valence-corrected chi connectivity index (χ1v) is 11.6. The fourth-order valence-electron chi connectivity index (χ4n) is 4.12. The van der Waals surface area contributed by atoms with Crippen LogP contribution in [0.5, 0.6) is 0 Å². The van der Waals surface area contributed by atoms with Crippen molar-refractivity contribution in [1.29, 1.82) is 0 Å². The Morgan fingerprint density at radius 2 is 1.74 bits per heavy atom. The van der Waals surface area contributed by atoms with Crippen molar-refractivity contribution < 1.29 is 9.18 Å². The maximum atomic E-state index is 13.3. The lowest BCUT2D eigenvalue weighted by Crippen LogP contribution is -2.52. The molecule has 3 aromatic rings. The molecule has 0 aliphatic carbocycles. The number of hydrogen-bond acceptors (Lipinski definition) is 4. The molecule has 2 atom stereocenters. The second kappa shape index (κ2) is 9.81. The third-order valence-corrected chi connectivity index (χ3v) is 6.96. The standard InChI is InChI=1S/C24H25ClFN3OS/c1-17(27-24(30)20-5-2-3-6-21(20)25)23(22-7-4-16-31-22)29-14-12-28(13-15-29)19-10-8-18(26)9-11-19/h2-11,16-17,23H,12-15H2,1H3,(H,27,30)/t17-,23+/m1/s1. The normalized spacial score (nSPS) is 16.7. The zero-order valence-corrected chi connectivity index (χ0v) is 18.9. The van der Waals surface area contributed by atoms with Crippen LogP contribution in [0.15, 0.2) is 66.0 Å². The number of rotatable bonds is 6. The summed E-state index contributed by atoms with van der Waals surface area (Å²) in [5, 5.41) is 5.68. The molecule has 0 radical (unpaired) electrons. The lowest BCUT2D eigenvalue weighted by Gasteiger charge is -2.42. The van der Waals surface area contributed by atoms with Crippen molar-refractivity contribution in [3.05, 3.63) is 87.3 Å². The monoisotopic (exact) mass is 457 g/mol. The van der Waals surface area contributed by atoms with E-state index >= 15 is 0 Å². The Hall–Kier alpha value is -2.41. The quantitative estimate of drug-likeness (QED) is 0.551. The molecule has 0 saturated carbocycles. The van der Waals surface area contributed by atoms with Crippen molar-refractivity contribution in [2.24, 2.45) is 0 Å². The van der Waals surface area contributed by atoms with Crippen LogP contribution in [0.4, 0.5) is 10.1 Å². The lowest BCUT2D eigenvalue weighted by molar-refractivity contribution is 0.0891. The number of hydrogen-bond donors (Lipinski definition) is 1. The molecular formula is C24H25ClFN3OS. The fraction of sp³-hybridized carbons (Fsp3) is 0.292. The van der Waals surface area contributed by atoms with Crippen LogP contribution >= 0.6 is 22.9 Å². The van der Waals surface area contributed by atoms with Gasteiger partial charge in [0.05, 0.1) is 16.6 Å². The summed E-state index contributed by atoms with van der Waals surface area (Å²) in [6.45, 7) is 5.45. The Morgan fingerprint density at radius 3 is 2.39 bits per heavy atom. The molecule has 7 heteroatoms. The van der Waals surface area contributed by atoms with Crippen molar-refractivity contribution in [1.82, 2.24) is 10.2 Å². The molecule has 0 unspecified atom stereocenters. The molecule has 2 aromatic carbocycles. The van der Waals surface area contributed by atoms with Crippen LogP contribution in [-0.4, -0.2) is 43.0 Å². The van der Waals surface area contributed by atoms with Gasteiger partial charge in [0.1, 0.15) is 5.82 Å². The van der Waals surface area contributed by atoms with E-state index in [1.54, 1.807) is 23.5 Å². The summed E-state index contributed by atoms with van der Waals surface area (Å²) in [6, 6.07) is 17.9. The number of nitrogens with zero attached hydrogens (tertiary/aromatic N) is 2. The Kier molecular flexibility index (Phi) is 6.90. The zero-order chi connectivity index (χ0) is 21.8. The van der Waals surface area contributed by atoms with Gasteiger partial charge in [0.25, 0.3) is 5.91 Å². The van der Waals surface area contributed by atoms with Crippen molar-refractivity contribution in [2.45, 2.75) is 19.0 Å². The van der Waals surface area contributed by atoms with Crippen LogP contribution in [0, 0.1) is 5.82 Å². The maximum Gasteiger partial charge on any atom is 0.253 e. The van der Waals surface area contributed by atoms with Gasteiger partial charge in [-0.25, -0.2) is 4.39 Å². The Bertz CT molecular complexity index is 1000. The van der Waals surface area contributed by atoms with Gasteiger partial charge in [-0.3, -0.25) is 9.69 Å². The van der Waals surface area contributed by atoms with Gasteiger partial charge in [0, 0.05) is 42.8 Å². The van der Waals surface area contributed by atoms with E-state index in [0.717, 1.165) is 31.9 Å². The number of piperazine rings is 1. The molecule has 4 rings (SSSR count). The zero-order valence-electron chi connectivity index (χ0n) is 17.3. The minimum absolute atomic E-state index is 0.0711. The molecule has 1 aromatic heterocycles. The first kappa shape index (κ1) is 21.8. The fourth-order valence-corrected chi connectivity index (χ4v) is 5.31. The topological polar surface area (TPSA) is 35.6 Å². The number of nitrogens with one attached hydrogen (secondary N) is 1. The molecule has 0 spiro atoms. The minimum atomic E-state index is -0.219. The number of amides is 1. The van der Waals surface area contributed by atoms with Gasteiger partial charge in [-0.1, -0.05) is 29.8 Å². The Labute approximate surface area is 191 Å². The SMILES string of the molecule is C[C@@H](NC(=O)c1ccccc1Cl)[C@@H](c1cccs1)N1CCN(c2ccc(F)cc2)CC1. The summed E-state index contributed by atoms with van der Waals surface area (Å²) >= 11 is 7.92. The summed E-state index contributed by atoms with van der Waals surface area (Å²) in [5.74, 6) is -0.382. The van der Waals surface area contributed by atoms with E-state index in [9.17, 15) is 9.18 Å². The minimum Gasteiger partial charge on any atom is -0.369 e. The summed E-state index contributed by atoms with van der Waals surface area (Å²) < 4.78 is 13.3. The first-order valence-electron chi connectivity index (χ1n) is 10.4. The number of halogens is 2. The van der Waals surface area contributed by atoms with E-state index in [1.807, 2.05) is 37.3 Å². The molecule has 2 heterocycles. The predicted octanol–water partition coefficient (Wildman–Crippen LogP) is 5.22. The van der Waals surface area contributed by atoms with E-state index in [2.05, 4.69) is 26.6 Å². The van der Waals surface area contributed by atoms with Gasteiger partial charge in [-0.2, -0.15) is 0 Å². The molecule has 0 bridgehead atoms. The Morgan fingerprint density at radius 1 is 1.03 bits per heavy atom. The molecular weight excluding hydrogens is 433 g/mol. The molecule has 4 nitrogen and oxygen atoms in total. The predicted molar refractivity (Wildman–Crippen MR) is 126 cm³/mol. The van der Waals surface area contributed by atoms with Crippen LogP contribution in [-0.2, 0) is 0 Å². The molecule has 1 aliphatic heterocycles. The molecule has 1 aliphatic rings. The number of anilines is 1. The highest BCUT2D eigenvalue weighted by atomic mass is 35.5. The van der Waals surface area contributed by atoms with Gasteiger partial charge >= 0.3 is 0 Å². The van der Waals surface area contributed by atoms with Gasteiger partial charge in [0.15, 0.2) is 0 Å². The van der Waals surface area contributed by atoms with Gasteiger partial charge in [0.2, 0.25) is 0 Å². The summed E-state index contributed by atoms with van der Waals surface area (Å²) in [7, 11) is 0. The molecule has 1 saturated heterocycles. The van der Waals surface area contributed by atoms with Gasteiger partial charge in [-0.05, 0) is 54.8 Å². The summed E-state index contributed by atoms with van der Waals surface area (Å²) in [4.78, 5) is 18.8. The van der Waals surface area contributed by atoms with Crippen molar-refractivity contribution in [3.8, 4) is 0 Å².